The predicted molar refractivity (Wildman–Crippen MR) is 55.9 cm³/mol. The summed E-state index contributed by atoms with van der Waals surface area (Å²) < 4.78 is 5.14. The standard InChI is InChI=1S/C11H11NO3/c1-15-9-5-7(6-13)4-8-2-3-12-11(14)10(8)9/h2-5,13H,6H2,1H3,(H,12,14). The maximum absolute atomic E-state index is 9.59. The smallest absolute Gasteiger partial charge is 0.222 e. The van der Waals surface area contributed by atoms with Gasteiger partial charge in [0.25, 0.3) is 0 Å². The van der Waals surface area contributed by atoms with Gasteiger partial charge in [-0.3, -0.25) is 0 Å². The van der Waals surface area contributed by atoms with Gasteiger partial charge in [0.2, 0.25) is 5.88 Å². The van der Waals surface area contributed by atoms with E-state index in [2.05, 4.69) is 4.98 Å². The molecule has 1 heterocycles. The van der Waals surface area contributed by atoms with Crippen LogP contribution < -0.4 is 4.74 Å². The maximum Gasteiger partial charge on any atom is 0.222 e. The van der Waals surface area contributed by atoms with Gasteiger partial charge in [-0.2, -0.15) is 0 Å². The van der Waals surface area contributed by atoms with Crippen LogP contribution in [-0.2, 0) is 6.61 Å². The Kier molecular flexibility index (Phi) is 2.43. The largest absolute Gasteiger partial charge is 0.496 e. The summed E-state index contributed by atoms with van der Waals surface area (Å²) >= 11 is 0. The average molecular weight is 205 g/mol. The van der Waals surface area contributed by atoms with Crippen molar-refractivity contribution in [1.82, 2.24) is 4.98 Å². The van der Waals surface area contributed by atoms with Crippen LogP contribution in [-0.4, -0.2) is 22.3 Å². The van der Waals surface area contributed by atoms with Crippen LogP contribution in [0, 0.1) is 0 Å². The van der Waals surface area contributed by atoms with Gasteiger partial charge < -0.3 is 14.9 Å². The van der Waals surface area contributed by atoms with Crippen molar-refractivity contribution in [1.29, 1.82) is 0 Å². The lowest BCUT2D eigenvalue weighted by atomic mass is 10.1. The first kappa shape index (κ1) is 9.73. The fourth-order valence-corrected chi connectivity index (χ4v) is 1.57. The summed E-state index contributed by atoms with van der Waals surface area (Å²) in [6.07, 6.45) is 1.51. The second-order valence-electron chi connectivity index (χ2n) is 3.19. The van der Waals surface area contributed by atoms with Crippen molar-refractivity contribution in [3.8, 4) is 11.6 Å². The zero-order valence-electron chi connectivity index (χ0n) is 8.27. The average Bonchev–Trinajstić information content (AvgIpc) is 2.27. The van der Waals surface area contributed by atoms with Crippen molar-refractivity contribution in [2.24, 2.45) is 0 Å². The number of hydrogen-bond acceptors (Lipinski definition) is 4. The number of rotatable bonds is 2. The Hall–Kier alpha value is -1.81. The second-order valence-corrected chi connectivity index (χ2v) is 3.19. The minimum absolute atomic E-state index is 0.0601. The lowest BCUT2D eigenvalue weighted by molar-refractivity contribution is 0.281. The molecule has 0 aliphatic carbocycles. The molecule has 4 nitrogen and oxygen atoms in total. The topological polar surface area (TPSA) is 62.6 Å². The van der Waals surface area contributed by atoms with E-state index in [9.17, 15) is 5.11 Å². The zero-order chi connectivity index (χ0) is 10.8. The first-order valence-electron chi connectivity index (χ1n) is 4.51. The van der Waals surface area contributed by atoms with E-state index in [-0.39, 0.29) is 12.5 Å². The molecule has 4 heteroatoms. The Bertz CT molecular complexity index is 496. The SMILES string of the molecule is COc1cc(CO)cc2ccnc(O)c12. The highest BCUT2D eigenvalue weighted by Gasteiger charge is 2.08. The maximum atomic E-state index is 9.59. The number of nitrogens with zero attached hydrogens (tertiary/aromatic N) is 1. The van der Waals surface area contributed by atoms with Crippen molar-refractivity contribution in [2.75, 3.05) is 7.11 Å². The third-order valence-electron chi connectivity index (χ3n) is 2.27. The van der Waals surface area contributed by atoms with Crippen LogP contribution in [0.3, 0.4) is 0 Å². The van der Waals surface area contributed by atoms with Crippen LogP contribution in [0.1, 0.15) is 5.56 Å². The molecule has 1 aromatic heterocycles. The van der Waals surface area contributed by atoms with Gasteiger partial charge in [0.15, 0.2) is 0 Å². The molecule has 2 N–H and O–H groups in total. The Morgan fingerprint density at radius 1 is 1.40 bits per heavy atom. The van der Waals surface area contributed by atoms with E-state index >= 15 is 0 Å². The van der Waals surface area contributed by atoms with Crippen molar-refractivity contribution < 1.29 is 14.9 Å². The summed E-state index contributed by atoms with van der Waals surface area (Å²) in [4.78, 5) is 3.78. The van der Waals surface area contributed by atoms with Crippen molar-refractivity contribution >= 4 is 10.8 Å². The number of benzene rings is 1. The zero-order valence-corrected chi connectivity index (χ0v) is 8.27. The van der Waals surface area contributed by atoms with Crippen LogP contribution in [0.2, 0.25) is 0 Å². The summed E-state index contributed by atoms with van der Waals surface area (Å²) in [5, 5.41) is 20.0. The fourth-order valence-electron chi connectivity index (χ4n) is 1.57. The number of ether oxygens (including phenoxy) is 1. The van der Waals surface area contributed by atoms with Gasteiger partial charge in [-0.25, -0.2) is 4.98 Å². The molecule has 78 valence electrons. The summed E-state index contributed by atoms with van der Waals surface area (Å²) in [6.45, 7) is -0.0601. The van der Waals surface area contributed by atoms with Crippen LogP contribution in [0.5, 0.6) is 11.6 Å². The van der Waals surface area contributed by atoms with Crippen molar-refractivity contribution in [3.05, 3.63) is 30.0 Å². The van der Waals surface area contributed by atoms with Gasteiger partial charge in [-0.1, -0.05) is 0 Å². The Morgan fingerprint density at radius 3 is 2.87 bits per heavy atom. The molecule has 0 saturated carbocycles. The van der Waals surface area contributed by atoms with Gasteiger partial charge in [-0.05, 0) is 29.1 Å². The molecule has 0 fully saturated rings. The van der Waals surface area contributed by atoms with E-state index in [1.54, 1.807) is 18.2 Å². The molecular formula is C11H11NO3. The van der Waals surface area contributed by atoms with Gasteiger partial charge in [0.05, 0.1) is 19.1 Å². The molecule has 0 saturated heterocycles. The lowest BCUT2D eigenvalue weighted by Gasteiger charge is -2.08. The number of aromatic hydroxyl groups is 1. The molecule has 0 amide bonds. The fraction of sp³-hybridized carbons (Fsp3) is 0.182. The van der Waals surface area contributed by atoms with E-state index in [0.717, 1.165) is 10.9 Å². The minimum atomic E-state index is -0.0613. The molecule has 15 heavy (non-hydrogen) atoms. The van der Waals surface area contributed by atoms with Crippen molar-refractivity contribution in [2.45, 2.75) is 6.61 Å². The van der Waals surface area contributed by atoms with E-state index < -0.39 is 0 Å². The Morgan fingerprint density at radius 2 is 2.20 bits per heavy atom. The first-order valence-corrected chi connectivity index (χ1v) is 4.51. The summed E-state index contributed by atoms with van der Waals surface area (Å²) in [5.74, 6) is 0.455. The molecule has 0 aliphatic rings. The number of pyridine rings is 1. The van der Waals surface area contributed by atoms with E-state index in [1.165, 1.54) is 13.3 Å². The third-order valence-corrected chi connectivity index (χ3v) is 2.27. The second kappa shape index (κ2) is 3.74. The molecule has 0 spiro atoms. The Balaban J connectivity index is 2.81. The van der Waals surface area contributed by atoms with E-state index in [4.69, 9.17) is 9.84 Å². The Labute approximate surface area is 86.8 Å². The lowest BCUT2D eigenvalue weighted by Crippen LogP contribution is -1.91. The number of fused-ring (bicyclic) bond motifs is 1. The number of methoxy groups -OCH3 is 1. The van der Waals surface area contributed by atoms with Gasteiger partial charge in [0, 0.05) is 6.20 Å². The molecule has 0 atom stereocenters. The monoisotopic (exact) mass is 205 g/mol. The summed E-state index contributed by atoms with van der Waals surface area (Å²) in [7, 11) is 1.52. The predicted octanol–water partition coefficient (Wildman–Crippen LogP) is 1.44. The highest BCUT2D eigenvalue weighted by molar-refractivity contribution is 5.92. The van der Waals surface area contributed by atoms with Crippen LogP contribution >= 0.6 is 0 Å². The highest BCUT2D eigenvalue weighted by atomic mass is 16.5. The van der Waals surface area contributed by atoms with Crippen molar-refractivity contribution in [3.63, 3.8) is 0 Å². The van der Waals surface area contributed by atoms with Gasteiger partial charge in [-0.15, -0.1) is 0 Å². The molecule has 0 unspecified atom stereocenters. The molecule has 2 rings (SSSR count). The summed E-state index contributed by atoms with van der Waals surface area (Å²) in [5.41, 5.74) is 0.741. The number of aliphatic hydroxyl groups is 1. The minimum Gasteiger partial charge on any atom is -0.496 e. The number of hydrogen-bond donors (Lipinski definition) is 2. The molecule has 0 radical (unpaired) electrons. The van der Waals surface area contributed by atoms with Crippen LogP contribution in [0.4, 0.5) is 0 Å². The number of aromatic nitrogens is 1. The molecule has 0 bridgehead atoms. The quantitative estimate of drug-likeness (QED) is 0.778. The molecule has 2 aromatic rings. The summed E-state index contributed by atoms with van der Waals surface area (Å²) in [6, 6.07) is 5.24. The van der Waals surface area contributed by atoms with Gasteiger partial charge in [0.1, 0.15) is 5.75 Å². The molecule has 1 aromatic carbocycles. The third kappa shape index (κ3) is 1.59. The van der Waals surface area contributed by atoms with Crippen LogP contribution in [0.15, 0.2) is 24.4 Å². The van der Waals surface area contributed by atoms with E-state index in [0.29, 0.717) is 11.1 Å². The normalized spacial score (nSPS) is 10.5. The van der Waals surface area contributed by atoms with Crippen LogP contribution in [0.25, 0.3) is 10.8 Å². The van der Waals surface area contributed by atoms with E-state index in [1.807, 2.05) is 0 Å². The molecule has 0 aliphatic heterocycles. The first-order chi connectivity index (χ1) is 7.26. The molecular weight excluding hydrogens is 194 g/mol. The number of aliphatic hydroxyl groups excluding tert-OH is 1. The van der Waals surface area contributed by atoms with Gasteiger partial charge >= 0.3 is 0 Å². The highest BCUT2D eigenvalue weighted by Crippen LogP contribution is 2.32.